The summed E-state index contributed by atoms with van der Waals surface area (Å²) < 4.78 is 20.1. The van der Waals surface area contributed by atoms with Gasteiger partial charge in [0.05, 0.1) is 0 Å². The second-order valence-electron chi connectivity index (χ2n) is 4.28. The van der Waals surface area contributed by atoms with Crippen molar-refractivity contribution < 1.29 is 13.7 Å². The molecule has 1 N–H and O–H groups in total. The van der Waals surface area contributed by atoms with Gasteiger partial charge in [-0.15, -0.1) is 0 Å². The summed E-state index contributed by atoms with van der Waals surface area (Å²) in [5.41, 5.74) is 0.884. The van der Waals surface area contributed by atoms with Crippen LogP contribution in [0, 0.1) is 19.8 Å². The molecule has 0 spiro atoms. The number of amides is 1. The Balaban J connectivity index is 1.97. The number of nitrogens with one attached hydrogen (secondary N) is 1. The van der Waals surface area contributed by atoms with Gasteiger partial charge in [0.1, 0.15) is 5.65 Å². The first-order valence-electron chi connectivity index (χ1n) is 5.80. The highest BCUT2D eigenvalue weighted by Gasteiger charge is 2.20. The third-order valence-corrected chi connectivity index (χ3v) is 2.68. The minimum absolute atomic E-state index is 0.0277. The summed E-state index contributed by atoms with van der Waals surface area (Å²) in [6.45, 7) is 3.40. The Morgan fingerprint density at radius 2 is 2.15 bits per heavy atom. The average Bonchev–Trinajstić information content (AvgIpc) is 2.94. The van der Waals surface area contributed by atoms with Crippen molar-refractivity contribution in [1.29, 1.82) is 0 Å². The molecule has 3 aromatic rings. The van der Waals surface area contributed by atoms with Crippen LogP contribution in [0.1, 0.15) is 21.9 Å². The fraction of sp³-hybridized carbons (Fsp3) is 0.167. The highest BCUT2D eigenvalue weighted by Crippen LogP contribution is 2.14. The van der Waals surface area contributed by atoms with Crippen LogP contribution in [-0.2, 0) is 0 Å². The van der Waals surface area contributed by atoms with E-state index in [0.717, 1.165) is 5.56 Å². The molecule has 102 valence electrons. The Hall–Kier alpha value is -2.77. The number of hydrogen-bond donors (Lipinski definition) is 1. The predicted octanol–water partition coefficient (Wildman–Crippen LogP) is 1.73. The van der Waals surface area contributed by atoms with Crippen molar-refractivity contribution in [2.24, 2.45) is 0 Å². The van der Waals surface area contributed by atoms with Gasteiger partial charge < -0.3 is 4.52 Å². The van der Waals surface area contributed by atoms with E-state index in [4.69, 9.17) is 4.52 Å². The third-order valence-electron chi connectivity index (χ3n) is 2.68. The molecule has 20 heavy (non-hydrogen) atoms. The van der Waals surface area contributed by atoms with E-state index in [2.05, 4.69) is 20.4 Å². The number of nitrogens with zero attached hydrogens (tertiary/aromatic N) is 4. The maximum atomic E-state index is 14.1. The zero-order chi connectivity index (χ0) is 14.3. The molecule has 3 aromatic heterocycles. The lowest BCUT2D eigenvalue weighted by Gasteiger charge is -1.96. The number of hydrogen-bond acceptors (Lipinski definition) is 5. The van der Waals surface area contributed by atoms with E-state index in [-0.39, 0.29) is 11.6 Å². The summed E-state index contributed by atoms with van der Waals surface area (Å²) in [5, 5.41) is 5.83. The van der Waals surface area contributed by atoms with Crippen molar-refractivity contribution in [1.82, 2.24) is 19.5 Å². The van der Waals surface area contributed by atoms with Gasteiger partial charge >= 0.3 is 0 Å². The van der Waals surface area contributed by atoms with Gasteiger partial charge in [0, 0.05) is 13.1 Å². The Labute approximate surface area is 112 Å². The van der Waals surface area contributed by atoms with Crippen LogP contribution in [0.5, 0.6) is 0 Å². The van der Waals surface area contributed by atoms with Crippen LogP contribution in [0.4, 0.5) is 10.3 Å². The molecule has 0 atom stereocenters. The number of carbonyl (C=O) groups excluding carboxylic acids is 1. The smallest absolute Gasteiger partial charge is 0.281 e. The minimum Gasteiger partial charge on any atom is -0.338 e. The topological polar surface area (TPSA) is 85.3 Å². The molecule has 0 saturated carbocycles. The monoisotopic (exact) mass is 275 g/mol. The number of imidazole rings is 1. The number of aromatic nitrogens is 4. The van der Waals surface area contributed by atoms with Gasteiger partial charge in [0.2, 0.25) is 11.8 Å². The van der Waals surface area contributed by atoms with Crippen molar-refractivity contribution in [3.8, 4) is 0 Å². The zero-order valence-electron chi connectivity index (χ0n) is 10.7. The Morgan fingerprint density at radius 3 is 2.85 bits per heavy atom. The van der Waals surface area contributed by atoms with Gasteiger partial charge in [-0.25, -0.2) is 4.98 Å². The molecule has 0 aliphatic carbocycles. The lowest BCUT2D eigenvalue weighted by Crippen LogP contribution is -2.15. The molecule has 8 heteroatoms. The first-order valence-corrected chi connectivity index (χ1v) is 5.80. The number of pyridine rings is 1. The number of fused-ring (bicyclic) bond motifs is 1. The van der Waals surface area contributed by atoms with E-state index in [1.807, 2.05) is 6.92 Å². The maximum absolute atomic E-state index is 14.1. The molecule has 1 amide bonds. The van der Waals surface area contributed by atoms with E-state index in [1.165, 1.54) is 4.40 Å². The van der Waals surface area contributed by atoms with Crippen LogP contribution in [0.2, 0.25) is 0 Å². The van der Waals surface area contributed by atoms with Gasteiger partial charge in [-0.05, 0) is 23.7 Å². The highest BCUT2D eigenvalue weighted by atomic mass is 19.1. The molecule has 0 aromatic carbocycles. The fourth-order valence-corrected chi connectivity index (χ4v) is 1.78. The lowest BCUT2D eigenvalue weighted by molar-refractivity contribution is 0.101. The van der Waals surface area contributed by atoms with Crippen molar-refractivity contribution in [3.05, 3.63) is 41.4 Å². The average molecular weight is 275 g/mol. The Bertz CT molecular complexity index is 807. The summed E-state index contributed by atoms with van der Waals surface area (Å²) in [6.07, 6.45) is 1.56. The Morgan fingerprint density at radius 1 is 1.35 bits per heavy atom. The molecule has 0 saturated heterocycles. The normalized spacial score (nSPS) is 10.9. The van der Waals surface area contributed by atoms with Crippen molar-refractivity contribution >= 4 is 17.5 Å². The van der Waals surface area contributed by atoms with Gasteiger partial charge in [0.15, 0.2) is 5.69 Å². The van der Waals surface area contributed by atoms with Gasteiger partial charge in [0.25, 0.3) is 11.9 Å². The summed E-state index contributed by atoms with van der Waals surface area (Å²) in [6, 6.07) is 3.42. The zero-order valence-corrected chi connectivity index (χ0v) is 10.7. The molecule has 0 radical (unpaired) electrons. The van der Waals surface area contributed by atoms with E-state index in [9.17, 15) is 9.18 Å². The minimum atomic E-state index is -0.735. The predicted molar refractivity (Wildman–Crippen MR) is 66.9 cm³/mol. The van der Waals surface area contributed by atoms with Crippen molar-refractivity contribution in [3.63, 3.8) is 0 Å². The van der Waals surface area contributed by atoms with E-state index >= 15 is 0 Å². The van der Waals surface area contributed by atoms with Crippen LogP contribution in [0.15, 0.2) is 22.9 Å². The SMILES string of the molecule is Cc1ccc2nc(C(=O)Nc3noc(C)n3)c(F)n2c1. The largest absolute Gasteiger partial charge is 0.338 e. The van der Waals surface area contributed by atoms with Crippen molar-refractivity contribution in [2.45, 2.75) is 13.8 Å². The molecule has 3 rings (SSSR count). The number of carbonyl (C=O) groups is 1. The lowest BCUT2D eigenvalue weighted by atomic mass is 10.3. The quantitative estimate of drug-likeness (QED) is 0.769. The van der Waals surface area contributed by atoms with Crippen LogP contribution in [0.25, 0.3) is 5.65 Å². The molecule has 0 bridgehead atoms. The molecular formula is C12H10FN5O2. The summed E-state index contributed by atoms with van der Waals surface area (Å²) in [5.74, 6) is -1.20. The number of rotatable bonds is 2. The molecule has 0 unspecified atom stereocenters. The third kappa shape index (κ3) is 2.00. The van der Waals surface area contributed by atoms with Gasteiger partial charge in [-0.2, -0.15) is 9.37 Å². The summed E-state index contributed by atoms with van der Waals surface area (Å²) in [4.78, 5) is 19.7. The maximum Gasteiger partial charge on any atom is 0.281 e. The van der Waals surface area contributed by atoms with Crippen LogP contribution < -0.4 is 5.32 Å². The summed E-state index contributed by atoms with van der Waals surface area (Å²) >= 11 is 0. The standard InChI is InChI=1S/C12H10FN5O2/c1-6-3-4-8-15-9(10(13)18(8)5-6)11(19)16-12-14-7(2)20-17-12/h3-5H,1-2H3,(H,16,17,19). The molecule has 0 fully saturated rings. The first kappa shape index (κ1) is 12.3. The fourth-order valence-electron chi connectivity index (χ4n) is 1.78. The van der Waals surface area contributed by atoms with Crippen LogP contribution in [0.3, 0.4) is 0 Å². The number of aryl methyl sites for hydroxylation is 2. The molecule has 0 aliphatic heterocycles. The summed E-state index contributed by atoms with van der Waals surface area (Å²) in [7, 11) is 0. The highest BCUT2D eigenvalue weighted by molar-refractivity contribution is 6.02. The number of halogens is 1. The first-order chi connectivity index (χ1) is 9.54. The molecular weight excluding hydrogens is 265 g/mol. The van der Waals surface area contributed by atoms with E-state index in [1.54, 1.807) is 25.3 Å². The van der Waals surface area contributed by atoms with Crippen LogP contribution >= 0.6 is 0 Å². The van der Waals surface area contributed by atoms with E-state index < -0.39 is 11.9 Å². The van der Waals surface area contributed by atoms with Gasteiger partial charge in [-0.1, -0.05) is 6.07 Å². The number of anilines is 1. The van der Waals surface area contributed by atoms with Crippen molar-refractivity contribution in [2.75, 3.05) is 5.32 Å². The van der Waals surface area contributed by atoms with Gasteiger partial charge in [-0.3, -0.25) is 14.5 Å². The van der Waals surface area contributed by atoms with E-state index in [0.29, 0.717) is 11.5 Å². The molecule has 7 nitrogen and oxygen atoms in total. The second-order valence-corrected chi connectivity index (χ2v) is 4.28. The molecule has 3 heterocycles. The van der Waals surface area contributed by atoms with Crippen LogP contribution in [-0.4, -0.2) is 25.4 Å². The molecule has 0 aliphatic rings. The Kier molecular flexibility index (Phi) is 2.70. The second kappa shape index (κ2) is 4.41.